The molecular formula is C12H17F2N3. The third-order valence-electron chi connectivity index (χ3n) is 2.97. The molecule has 5 heteroatoms. The molecule has 17 heavy (non-hydrogen) atoms. The van der Waals surface area contributed by atoms with Gasteiger partial charge >= 0.3 is 0 Å². The maximum Gasteiger partial charge on any atom is 0.168 e. The first-order chi connectivity index (χ1) is 8.20. The van der Waals surface area contributed by atoms with Gasteiger partial charge in [-0.1, -0.05) is 12.8 Å². The fraction of sp³-hybridized carbons (Fsp3) is 0.583. The van der Waals surface area contributed by atoms with Gasteiger partial charge < -0.3 is 10.6 Å². The van der Waals surface area contributed by atoms with Crippen molar-refractivity contribution in [1.82, 2.24) is 4.98 Å². The number of hydrogen-bond acceptors (Lipinski definition) is 3. The summed E-state index contributed by atoms with van der Waals surface area (Å²) < 4.78 is 26.9. The lowest BCUT2D eigenvalue weighted by molar-refractivity contribution is 0.575. The van der Waals surface area contributed by atoms with Crippen LogP contribution >= 0.6 is 0 Å². The fourth-order valence-electron chi connectivity index (χ4n) is 2.12. The molecular weight excluding hydrogens is 224 g/mol. The molecule has 0 atom stereocenters. The highest BCUT2D eigenvalue weighted by atomic mass is 19.1. The van der Waals surface area contributed by atoms with Crippen molar-refractivity contribution in [3.05, 3.63) is 17.7 Å². The molecule has 1 aromatic heterocycles. The second-order valence-corrected chi connectivity index (χ2v) is 4.31. The molecule has 0 radical (unpaired) electrons. The normalized spacial score (nSPS) is 16.2. The summed E-state index contributed by atoms with van der Waals surface area (Å²) in [6, 6.07) is 1.14. The van der Waals surface area contributed by atoms with E-state index in [0.29, 0.717) is 6.54 Å². The molecule has 0 bridgehead atoms. The lowest BCUT2D eigenvalue weighted by Crippen LogP contribution is -2.17. The summed E-state index contributed by atoms with van der Waals surface area (Å²) in [5.74, 6) is -1.03. The second-order valence-electron chi connectivity index (χ2n) is 4.31. The summed E-state index contributed by atoms with van der Waals surface area (Å²) in [5, 5.41) is 5.82. The van der Waals surface area contributed by atoms with Crippen LogP contribution in [0.4, 0.5) is 20.4 Å². The number of pyridine rings is 1. The predicted molar refractivity (Wildman–Crippen MR) is 64.2 cm³/mol. The molecule has 0 aromatic carbocycles. The molecule has 0 amide bonds. The Kier molecular flexibility index (Phi) is 3.76. The monoisotopic (exact) mass is 241 g/mol. The highest BCUT2D eigenvalue weighted by Gasteiger charge is 2.18. The highest BCUT2D eigenvalue weighted by molar-refractivity contribution is 5.48. The van der Waals surface area contributed by atoms with Gasteiger partial charge in [0.05, 0.1) is 0 Å². The molecule has 1 aliphatic carbocycles. The van der Waals surface area contributed by atoms with E-state index in [-0.39, 0.29) is 17.7 Å². The minimum Gasteiger partial charge on any atom is -0.368 e. The Bertz CT molecular complexity index is 390. The minimum absolute atomic E-state index is 0.106. The molecule has 1 heterocycles. The molecule has 2 N–H and O–H groups in total. The first-order valence-electron chi connectivity index (χ1n) is 6.07. The number of anilines is 2. The standard InChI is InChI=1S/C12H17F2N3/c1-2-15-11-9(13)7-10(14)12(17-11)16-8-5-3-4-6-8/h7-8H,2-6H2,1H3,(H2,15,16,17). The summed E-state index contributed by atoms with van der Waals surface area (Å²) >= 11 is 0. The van der Waals surface area contributed by atoms with E-state index in [1.54, 1.807) is 0 Å². The Morgan fingerprint density at radius 2 is 1.88 bits per heavy atom. The Hall–Kier alpha value is -1.39. The van der Waals surface area contributed by atoms with Gasteiger partial charge in [0.15, 0.2) is 23.3 Å². The first kappa shape index (κ1) is 12.1. The van der Waals surface area contributed by atoms with Gasteiger partial charge in [0.25, 0.3) is 0 Å². The lowest BCUT2D eigenvalue weighted by Gasteiger charge is -2.14. The van der Waals surface area contributed by atoms with Crippen molar-refractivity contribution >= 4 is 11.6 Å². The molecule has 94 valence electrons. The van der Waals surface area contributed by atoms with Gasteiger partial charge in [-0.05, 0) is 19.8 Å². The van der Waals surface area contributed by atoms with Gasteiger partial charge in [-0.3, -0.25) is 0 Å². The van der Waals surface area contributed by atoms with E-state index in [2.05, 4.69) is 15.6 Å². The van der Waals surface area contributed by atoms with Crippen LogP contribution in [-0.4, -0.2) is 17.6 Å². The van der Waals surface area contributed by atoms with Gasteiger partial charge in [0.2, 0.25) is 0 Å². The summed E-state index contributed by atoms with van der Waals surface area (Å²) in [6.07, 6.45) is 4.35. The van der Waals surface area contributed by atoms with Crippen LogP contribution < -0.4 is 10.6 Å². The van der Waals surface area contributed by atoms with E-state index in [1.807, 2.05) is 6.92 Å². The third-order valence-corrected chi connectivity index (χ3v) is 2.97. The molecule has 1 aliphatic rings. The molecule has 0 unspecified atom stereocenters. The van der Waals surface area contributed by atoms with Crippen LogP contribution in [0, 0.1) is 11.6 Å². The van der Waals surface area contributed by atoms with E-state index < -0.39 is 11.6 Å². The SMILES string of the molecule is CCNc1nc(NC2CCCC2)c(F)cc1F. The topological polar surface area (TPSA) is 37.0 Å². The van der Waals surface area contributed by atoms with Crippen molar-refractivity contribution in [1.29, 1.82) is 0 Å². The van der Waals surface area contributed by atoms with Crippen LogP contribution in [-0.2, 0) is 0 Å². The zero-order valence-corrected chi connectivity index (χ0v) is 9.89. The summed E-state index contributed by atoms with van der Waals surface area (Å²) in [7, 11) is 0. The van der Waals surface area contributed by atoms with E-state index in [9.17, 15) is 8.78 Å². The van der Waals surface area contributed by atoms with E-state index >= 15 is 0 Å². The van der Waals surface area contributed by atoms with Gasteiger partial charge in [-0.15, -0.1) is 0 Å². The molecule has 1 aromatic rings. The van der Waals surface area contributed by atoms with Crippen LogP contribution in [0.1, 0.15) is 32.6 Å². The van der Waals surface area contributed by atoms with Gasteiger partial charge in [-0.2, -0.15) is 0 Å². The summed E-state index contributed by atoms with van der Waals surface area (Å²) in [4.78, 5) is 3.95. The lowest BCUT2D eigenvalue weighted by atomic mass is 10.2. The molecule has 3 nitrogen and oxygen atoms in total. The van der Waals surface area contributed by atoms with E-state index in [1.165, 1.54) is 0 Å². The summed E-state index contributed by atoms with van der Waals surface area (Å²) in [6.45, 7) is 2.40. The Balaban J connectivity index is 2.16. The molecule has 1 fully saturated rings. The van der Waals surface area contributed by atoms with Crippen LogP contribution in [0.2, 0.25) is 0 Å². The van der Waals surface area contributed by atoms with Gasteiger partial charge in [0.1, 0.15) is 0 Å². The van der Waals surface area contributed by atoms with Crippen LogP contribution in [0.15, 0.2) is 6.07 Å². The number of nitrogens with zero attached hydrogens (tertiary/aromatic N) is 1. The van der Waals surface area contributed by atoms with Crippen LogP contribution in [0.5, 0.6) is 0 Å². The van der Waals surface area contributed by atoms with Crippen molar-refractivity contribution in [2.45, 2.75) is 38.6 Å². The fourth-order valence-corrected chi connectivity index (χ4v) is 2.12. The molecule has 0 saturated heterocycles. The maximum atomic E-state index is 13.5. The number of halogens is 2. The zero-order chi connectivity index (χ0) is 12.3. The van der Waals surface area contributed by atoms with E-state index in [4.69, 9.17) is 0 Å². The minimum atomic E-state index is -0.652. The van der Waals surface area contributed by atoms with Crippen LogP contribution in [0.25, 0.3) is 0 Å². The number of nitrogens with one attached hydrogen (secondary N) is 2. The van der Waals surface area contributed by atoms with Crippen molar-refractivity contribution in [2.24, 2.45) is 0 Å². The predicted octanol–water partition coefficient (Wildman–Crippen LogP) is 3.15. The molecule has 1 saturated carbocycles. The second kappa shape index (κ2) is 5.29. The Morgan fingerprint density at radius 3 is 2.53 bits per heavy atom. The Labute approximate surface area is 99.6 Å². The highest BCUT2D eigenvalue weighted by Crippen LogP contribution is 2.24. The van der Waals surface area contributed by atoms with Crippen molar-refractivity contribution < 1.29 is 8.78 Å². The zero-order valence-electron chi connectivity index (χ0n) is 9.89. The average Bonchev–Trinajstić information content (AvgIpc) is 2.78. The van der Waals surface area contributed by atoms with Crippen LogP contribution in [0.3, 0.4) is 0 Å². The first-order valence-corrected chi connectivity index (χ1v) is 6.07. The maximum absolute atomic E-state index is 13.5. The molecule has 0 spiro atoms. The average molecular weight is 241 g/mol. The molecule has 2 rings (SSSR count). The van der Waals surface area contributed by atoms with Crippen molar-refractivity contribution in [2.75, 3.05) is 17.2 Å². The largest absolute Gasteiger partial charge is 0.368 e. The number of hydrogen-bond donors (Lipinski definition) is 2. The third kappa shape index (κ3) is 2.84. The smallest absolute Gasteiger partial charge is 0.168 e. The quantitative estimate of drug-likeness (QED) is 0.850. The molecule has 0 aliphatic heterocycles. The van der Waals surface area contributed by atoms with Gasteiger partial charge in [-0.25, -0.2) is 13.8 Å². The van der Waals surface area contributed by atoms with Crippen molar-refractivity contribution in [3.8, 4) is 0 Å². The number of aromatic nitrogens is 1. The number of rotatable bonds is 4. The van der Waals surface area contributed by atoms with E-state index in [0.717, 1.165) is 31.7 Å². The van der Waals surface area contributed by atoms with Gasteiger partial charge in [0, 0.05) is 18.7 Å². The Morgan fingerprint density at radius 1 is 1.24 bits per heavy atom. The summed E-state index contributed by atoms with van der Waals surface area (Å²) in [5.41, 5.74) is 0. The van der Waals surface area contributed by atoms with Crippen molar-refractivity contribution in [3.63, 3.8) is 0 Å².